The number of hydrogen-bond donors (Lipinski definition) is 1. The standard InChI is InChI=1S/C12H26N2O/c1-11(2)14-9-7-13(8-10-14)6-4-5-12(3)15/h11-12,15H,4-10H2,1-3H3. The molecule has 0 saturated carbocycles. The van der Waals surface area contributed by atoms with Gasteiger partial charge >= 0.3 is 0 Å². The maximum atomic E-state index is 9.17. The highest BCUT2D eigenvalue weighted by molar-refractivity contribution is 4.74. The van der Waals surface area contributed by atoms with Crippen molar-refractivity contribution in [1.82, 2.24) is 9.80 Å². The number of nitrogens with zero attached hydrogens (tertiary/aromatic N) is 2. The van der Waals surface area contributed by atoms with Crippen molar-refractivity contribution in [2.75, 3.05) is 32.7 Å². The van der Waals surface area contributed by atoms with Gasteiger partial charge in [0.05, 0.1) is 6.10 Å². The molecule has 1 rings (SSSR count). The Balaban J connectivity index is 2.09. The zero-order valence-corrected chi connectivity index (χ0v) is 10.4. The van der Waals surface area contributed by atoms with Crippen molar-refractivity contribution in [3.8, 4) is 0 Å². The molecule has 0 bridgehead atoms. The van der Waals surface area contributed by atoms with Gasteiger partial charge in [-0.2, -0.15) is 0 Å². The second-order valence-corrected chi connectivity index (χ2v) is 4.96. The van der Waals surface area contributed by atoms with E-state index < -0.39 is 0 Å². The first-order chi connectivity index (χ1) is 7.09. The maximum Gasteiger partial charge on any atom is 0.0512 e. The third-order valence-electron chi connectivity index (χ3n) is 3.23. The smallest absolute Gasteiger partial charge is 0.0512 e. The third-order valence-corrected chi connectivity index (χ3v) is 3.23. The lowest BCUT2D eigenvalue weighted by molar-refractivity contribution is 0.102. The van der Waals surface area contributed by atoms with E-state index in [1.807, 2.05) is 6.92 Å². The minimum Gasteiger partial charge on any atom is -0.393 e. The SMILES string of the molecule is CC(O)CCCN1CCN(C(C)C)CC1. The molecule has 1 aliphatic heterocycles. The molecular formula is C12H26N2O. The van der Waals surface area contributed by atoms with Crippen LogP contribution in [-0.4, -0.2) is 59.8 Å². The van der Waals surface area contributed by atoms with Crippen LogP contribution in [0.4, 0.5) is 0 Å². The van der Waals surface area contributed by atoms with Gasteiger partial charge in [-0.05, 0) is 40.2 Å². The normalized spacial score (nSPS) is 22.2. The van der Waals surface area contributed by atoms with Gasteiger partial charge in [0, 0.05) is 32.2 Å². The van der Waals surface area contributed by atoms with Crippen LogP contribution in [0.5, 0.6) is 0 Å². The van der Waals surface area contributed by atoms with Crippen molar-refractivity contribution in [3.05, 3.63) is 0 Å². The Morgan fingerprint density at radius 3 is 2.13 bits per heavy atom. The van der Waals surface area contributed by atoms with Crippen LogP contribution in [0.3, 0.4) is 0 Å². The number of aliphatic hydroxyl groups is 1. The van der Waals surface area contributed by atoms with Crippen molar-refractivity contribution < 1.29 is 5.11 Å². The lowest BCUT2D eigenvalue weighted by Gasteiger charge is -2.37. The Bertz CT molecular complexity index is 160. The second-order valence-electron chi connectivity index (χ2n) is 4.96. The number of piperazine rings is 1. The summed E-state index contributed by atoms with van der Waals surface area (Å²) >= 11 is 0. The van der Waals surface area contributed by atoms with Gasteiger partial charge in [0.15, 0.2) is 0 Å². The molecule has 1 heterocycles. The molecule has 3 heteroatoms. The first-order valence-corrected chi connectivity index (χ1v) is 6.24. The van der Waals surface area contributed by atoms with Crippen molar-refractivity contribution >= 4 is 0 Å². The predicted octanol–water partition coefficient (Wildman–Crippen LogP) is 1.17. The van der Waals surface area contributed by atoms with Crippen LogP contribution >= 0.6 is 0 Å². The minimum absolute atomic E-state index is 0.137. The minimum atomic E-state index is -0.137. The first kappa shape index (κ1) is 12.9. The van der Waals surface area contributed by atoms with Gasteiger partial charge in [0.1, 0.15) is 0 Å². The van der Waals surface area contributed by atoms with E-state index in [1.54, 1.807) is 0 Å². The van der Waals surface area contributed by atoms with E-state index in [0.29, 0.717) is 6.04 Å². The van der Waals surface area contributed by atoms with Gasteiger partial charge in [-0.25, -0.2) is 0 Å². The lowest BCUT2D eigenvalue weighted by atomic mass is 10.2. The summed E-state index contributed by atoms with van der Waals surface area (Å²) in [5.74, 6) is 0. The highest BCUT2D eigenvalue weighted by Crippen LogP contribution is 2.07. The molecule has 0 aliphatic carbocycles. The van der Waals surface area contributed by atoms with Gasteiger partial charge in [-0.15, -0.1) is 0 Å². The van der Waals surface area contributed by atoms with Gasteiger partial charge in [0.2, 0.25) is 0 Å². The van der Waals surface area contributed by atoms with E-state index >= 15 is 0 Å². The summed E-state index contributed by atoms with van der Waals surface area (Å²) in [4.78, 5) is 5.05. The Morgan fingerprint density at radius 2 is 1.67 bits per heavy atom. The van der Waals surface area contributed by atoms with Crippen LogP contribution in [0.1, 0.15) is 33.6 Å². The summed E-state index contributed by atoms with van der Waals surface area (Å²) in [5.41, 5.74) is 0. The highest BCUT2D eigenvalue weighted by atomic mass is 16.3. The largest absolute Gasteiger partial charge is 0.393 e. The third kappa shape index (κ3) is 4.96. The van der Waals surface area contributed by atoms with Crippen LogP contribution in [0.25, 0.3) is 0 Å². The molecule has 0 amide bonds. The molecule has 1 fully saturated rings. The molecule has 0 radical (unpaired) electrons. The van der Waals surface area contributed by atoms with E-state index in [-0.39, 0.29) is 6.10 Å². The molecule has 15 heavy (non-hydrogen) atoms. The topological polar surface area (TPSA) is 26.7 Å². The average Bonchev–Trinajstić information content (AvgIpc) is 2.18. The van der Waals surface area contributed by atoms with Gasteiger partial charge < -0.3 is 10.0 Å². The molecule has 0 aromatic rings. The molecular weight excluding hydrogens is 188 g/mol. The Morgan fingerprint density at radius 1 is 1.07 bits per heavy atom. The van der Waals surface area contributed by atoms with E-state index in [2.05, 4.69) is 23.6 Å². The quantitative estimate of drug-likeness (QED) is 0.744. The molecule has 0 aromatic heterocycles. The highest BCUT2D eigenvalue weighted by Gasteiger charge is 2.17. The molecule has 1 atom stereocenters. The van der Waals surface area contributed by atoms with Crippen LogP contribution in [-0.2, 0) is 0 Å². The molecule has 1 aliphatic rings. The van der Waals surface area contributed by atoms with E-state index in [0.717, 1.165) is 19.4 Å². The maximum absolute atomic E-state index is 9.17. The van der Waals surface area contributed by atoms with E-state index in [4.69, 9.17) is 5.11 Å². The summed E-state index contributed by atoms with van der Waals surface area (Å²) in [6.07, 6.45) is 1.92. The van der Waals surface area contributed by atoms with E-state index in [9.17, 15) is 0 Å². The predicted molar refractivity (Wildman–Crippen MR) is 64.1 cm³/mol. The first-order valence-electron chi connectivity index (χ1n) is 6.24. The summed E-state index contributed by atoms with van der Waals surface area (Å²) in [6, 6.07) is 0.685. The number of rotatable bonds is 5. The molecule has 0 aromatic carbocycles. The van der Waals surface area contributed by atoms with Crippen molar-refractivity contribution in [3.63, 3.8) is 0 Å². The molecule has 90 valence electrons. The number of aliphatic hydroxyl groups excluding tert-OH is 1. The van der Waals surface area contributed by atoms with Crippen LogP contribution in [0.2, 0.25) is 0 Å². The fraction of sp³-hybridized carbons (Fsp3) is 1.00. The molecule has 1 N–H and O–H groups in total. The zero-order chi connectivity index (χ0) is 11.3. The van der Waals surface area contributed by atoms with E-state index in [1.165, 1.54) is 26.2 Å². The Hall–Kier alpha value is -0.120. The van der Waals surface area contributed by atoms with Crippen LogP contribution < -0.4 is 0 Å². The average molecular weight is 214 g/mol. The van der Waals surface area contributed by atoms with Crippen LogP contribution in [0, 0.1) is 0 Å². The zero-order valence-electron chi connectivity index (χ0n) is 10.4. The summed E-state index contributed by atoms with van der Waals surface area (Å²) in [6.45, 7) is 12.3. The number of hydrogen-bond acceptors (Lipinski definition) is 3. The summed E-state index contributed by atoms with van der Waals surface area (Å²) in [5, 5.41) is 9.17. The van der Waals surface area contributed by atoms with Gasteiger partial charge in [0.25, 0.3) is 0 Å². The lowest BCUT2D eigenvalue weighted by Crippen LogP contribution is -2.48. The van der Waals surface area contributed by atoms with Crippen molar-refractivity contribution in [2.45, 2.75) is 45.8 Å². The van der Waals surface area contributed by atoms with Crippen LogP contribution in [0.15, 0.2) is 0 Å². The van der Waals surface area contributed by atoms with Gasteiger partial charge in [-0.3, -0.25) is 4.90 Å². The fourth-order valence-corrected chi connectivity index (χ4v) is 2.11. The monoisotopic (exact) mass is 214 g/mol. The molecule has 1 unspecified atom stereocenters. The molecule has 3 nitrogen and oxygen atoms in total. The Labute approximate surface area is 94.1 Å². The fourth-order valence-electron chi connectivity index (χ4n) is 2.11. The summed E-state index contributed by atoms with van der Waals surface area (Å²) in [7, 11) is 0. The van der Waals surface area contributed by atoms with Crippen molar-refractivity contribution in [1.29, 1.82) is 0 Å². The molecule has 1 saturated heterocycles. The summed E-state index contributed by atoms with van der Waals surface area (Å²) < 4.78 is 0. The Kier molecular flexibility index (Phi) is 5.58. The van der Waals surface area contributed by atoms with Gasteiger partial charge in [-0.1, -0.05) is 0 Å². The second kappa shape index (κ2) is 6.46. The van der Waals surface area contributed by atoms with Crippen molar-refractivity contribution in [2.24, 2.45) is 0 Å². The molecule has 0 spiro atoms.